The van der Waals surface area contributed by atoms with Gasteiger partial charge in [0.05, 0.1) is 18.9 Å². The second kappa shape index (κ2) is 7.35. The topological polar surface area (TPSA) is 73.7 Å². The first-order valence-electron chi connectivity index (χ1n) is 7.22. The summed E-state index contributed by atoms with van der Waals surface area (Å²) < 4.78 is 39.1. The predicted octanol–water partition coefficient (Wildman–Crippen LogP) is 0.719. The molecule has 0 N–H and O–H groups in total. The molecule has 0 saturated carbocycles. The second-order valence-electron chi connectivity index (χ2n) is 5.03. The molecule has 0 amide bonds. The van der Waals surface area contributed by atoms with Gasteiger partial charge < -0.3 is 9.47 Å². The van der Waals surface area contributed by atoms with Crippen molar-refractivity contribution in [3.8, 4) is 0 Å². The zero-order valence-electron chi connectivity index (χ0n) is 12.6. The average Bonchev–Trinajstić information content (AvgIpc) is 2.95. The quantitative estimate of drug-likeness (QED) is 0.741. The number of aryl methyl sites for hydroxylation is 1. The summed E-state index contributed by atoms with van der Waals surface area (Å²) in [6, 6.07) is 1.56. The molecule has 0 aliphatic carbocycles. The Morgan fingerprint density at radius 2 is 2.33 bits per heavy atom. The van der Waals surface area contributed by atoms with Gasteiger partial charge in [0, 0.05) is 33.4 Å². The molecule has 1 aromatic heterocycles. The van der Waals surface area contributed by atoms with Crippen LogP contribution in [-0.4, -0.2) is 62.0 Å². The van der Waals surface area contributed by atoms with Crippen LogP contribution in [0.2, 0.25) is 0 Å². The SMILES string of the molecule is CCCn1nccc1S(=O)(=O)N1CCOC(CCOC)C1. The summed E-state index contributed by atoms with van der Waals surface area (Å²) in [5, 5.41) is 4.36. The van der Waals surface area contributed by atoms with Crippen LogP contribution >= 0.6 is 0 Å². The van der Waals surface area contributed by atoms with Crippen LogP contribution in [0.3, 0.4) is 0 Å². The lowest BCUT2D eigenvalue weighted by atomic mass is 10.2. The summed E-state index contributed by atoms with van der Waals surface area (Å²) in [7, 11) is -1.89. The molecule has 120 valence electrons. The average molecular weight is 317 g/mol. The molecule has 1 unspecified atom stereocenters. The van der Waals surface area contributed by atoms with E-state index in [0.29, 0.717) is 39.3 Å². The Balaban J connectivity index is 2.13. The molecular formula is C13H23N3O4S. The van der Waals surface area contributed by atoms with Crippen molar-refractivity contribution in [2.45, 2.75) is 37.4 Å². The minimum absolute atomic E-state index is 0.115. The van der Waals surface area contributed by atoms with E-state index in [1.54, 1.807) is 17.9 Å². The highest BCUT2D eigenvalue weighted by atomic mass is 32.2. The van der Waals surface area contributed by atoms with Gasteiger partial charge in [0.25, 0.3) is 10.0 Å². The predicted molar refractivity (Wildman–Crippen MR) is 77.5 cm³/mol. The third-order valence-corrected chi connectivity index (χ3v) is 5.35. The summed E-state index contributed by atoms with van der Waals surface area (Å²) in [4.78, 5) is 0. The van der Waals surface area contributed by atoms with Crippen LogP contribution in [0.5, 0.6) is 0 Å². The molecule has 0 radical (unpaired) electrons. The number of nitrogens with zero attached hydrogens (tertiary/aromatic N) is 3. The maximum absolute atomic E-state index is 12.7. The minimum Gasteiger partial charge on any atom is -0.385 e. The largest absolute Gasteiger partial charge is 0.385 e. The van der Waals surface area contributed by atoms with Crippen molar-refractivity contribution in [3.05, 3.63) is 12.3 Å². The van der Waals surface area contributed by atoms with Gasteiger partial charge in [-0.15, -0.1) is 0 Å². The maximum atomic E-state index is 12.7. The lowest BCUT2D eigenvalue weighted by Gasteiger charge is -2.32. The molecule has 8 heteroatoms. The Morgan fingerprint density at radius 3 is 3.05 bits per heavy atom. The first-order chi connectivity index (χ1) is 10.1. The van der Waals surface area contributed by atoms with Crippen molar-refractivity contribution in [2.75, 3.05) is 33.4 Å². The molecule has 1 aliphatic rings. The van der Waals surface area contributed by atoms with Gasteiger partial charge in [-0.1, -0.05) is 6.92 Å². The van der Waals surface area contributed by atoms with E-state index in [-0.39, 0.29) is 11.1 Å². The number of sulfonamides is 1. The molecule has 0 aromatic carbocycles. The van der Waals surface area contributed by atoms with E-state index in [1.807, 2.05) is 6.92 Å². The molecule has 1 atom stereocenters. The van der Waals surface area contributed by atoms with Crippen molar-refractivity contribution in [1.82, 2.24) is 14.1 Å². The van der Waals surface area contributed by atoms with Gasteiger partial charge in [0.15, 0.2) is 5.03 Å². The van der Waals surface area contributed by atoms with Gasteiger partial charge in [-0.25, -0.2) is 8.42 Å². The number of morpholine rings is 1. The van der Waals surface area contributed by atoms with Gasteiger partial charge >= 0.3 is 0 Å². The Morgan fingerprint density at radius 1 is 1.52 bits per heavy atom. The van der Waals surface area contributed by atoms with Crippen molar-refractivity contribution in [3.63, 3.8) is 0 Å². The lowest BCUT2D eigenvalue weighted by Crippen LogP contribution is -2.46. The Bertz CT molecular complexity index is 543. The fourth-order valence-corrected chi connectivity index (χ4v) is 3.97. The molecule has 21 heavy (non-hydrogen) atoms. The zero-order valence-corrected chi connectivity index (χ0v) is 13.4. The van der Waals surface area contributed by atoms with E-state index in [4.69, 9.17) is 9.47 Å². The van der Waals surface area contributed by atoms with Gasteiger partial charge in [0.2, 0.25) is 0 Å². The first kappa shape index (κ1) is 16.4. The number of hydrogen-bond acceptors (Lipinski definition) is 5. The van der Waals surface area contributed by atoms with Crippen molar-refractivity contribution >= 4 is 10.0 Å². The standard InChI is InChI=1S/C13H23N3O4S/c1-3-7-16-13(4-6-14-16)21(17,18)15-8-10-20-12(11-15)5-9-19-2/h4,6,12H,3,5,7-11H2,1-2H3. The Hall–Kier alpha value is -0.960. The normalized spacial score (nSPS) is 20.8. The second-order valence-corrected chi connectivity index (χ2v) is 6.91. The van der Waals surface area contributed by atoms with Crippen molar-refractivity contribution in [2.24, 2.45) is 0 Å². The van der Waals surface area contributed by atoms with Crippen LogP contribution in [0.4, 0.5) is 0 Å². The third-order valence-electron chi connectivity index (χ3n) is 3.46. The molecule has 1 aromatic rings. The monoisotopic (exact) mass is 317 g/mol. The summed E-state index contributed by atoms with van der Waals surface area (Å²) in [5.74, 6) is 0. The van der Waals surface area contributed by atoms with Crippen LogP contribution in [0.25, 0.3) is 0 Å². The van der Waals surface area contributed by atoms with Crippen molar-refractivity contribution < 1.29 is 17.9 Å². The highest BCUT2D eigenvalue weighted by molar-refractivity contribution is 7.89. The zero-order chi connectivity index (χ0) is 15.3. The van der Waals surface area contributed by atoms with Crippen LogP contribution < -0.4 is 0 Å². The molecule has 0 spiro atoms. The van der Waals surface area contributed by atoms with Gasteiger partial charge in [-0.2, -0.15) is 9.40 Å². The Kier molecular flexibility index (Phi) is 5.74. The fraction of sp³-hybridized carbons (Fsp3) is 0.769. The summed E-state index contributed by atoms with van der Waals surface area (Å²) >= 11 is 0. The number of methoxy groups -OCH3 is 1. The van der Waals surface area contributed by atoms with Crippen molar-refractivity contribution in [1.29, 1.82) is 0 Å². The van der Waals surface area contributed by atoms with Crippen LogP contribution in [-0.2, 0) is 26.0 Å². The molecule has 1 fully saturated rings. The number of ether oxygens (including phenoxy) is 2. The van der Waals surface area contributed by atoms with E-state index in [1.165, 1.54) is 10.5 Å². The molecular weight excluding hydrogens is 294 g/mol. The molecule has 1 aliphatic heterocycles. The molecule has 0 bridgehead atoms. The van der Waals surface area contributed by atoms with Crippen LogP contribution in [0.1, 0.15) is 19.8 Å². The summed E-state index contributed by atoms with van der Waals surface area (Å²) in [6.07, 6.45) is 2.95. The molecule has 2 heterocycles. The highest BCUT2D eigenvalue weighted by Crippen LogP contribution is 2.19. The third kappa shape index (κ3) is 3.82. The van der Waals surface area contributed by atoms with Gasteiger partial charge in [-0.05, 0) is 18.9 Å². The first-order valence-corrected chi connectivity index (χ1v) is 8.66. The summed E-state index contributed by atoms with van der Waals surface area (Å²) in [6.45, 7) is 4.31. The van der Waals surface area contributed by atoms with E-state index < -0.39 is 10.0 Å². The number of rotatable bonds is 7. The van der Waals surface area contributed by atoms with Crippen LogP contribution in [0.15, 0.2) is 17.3 Å². The van der Waals surface area contributed by atoms with Gasteiger partial charge in [-0.3, -0.25) is 4.68 Å². The van der Waals surface area contributed by atoms with Gasteiger partial charge in [0.1, 0.15) is 0 Å². The highest BCUT2D eigenvalue weighted by Gasteiger charge is 2.32. The summed E-state index contributed by atoms with van der Waals surface area (Å²) in [5.41, 5.74) is 0. The van der Waals surface area contributed by atoms with E-state index in [0.717, 1.165) is 6.42 Å². The smallest absolute Gasteiger partial charge is 0.260 e. The van der Waals surface area contributed by atoms with Crippen LogP contribution in [0, 0.1) is 0 Å². The lowest BCUT2D eigenvalue weighted by molar-refractivity contribution is -0.0169. The molecule has 1 saturated heterocycles. The van der Waals surface area contributed by atoms with E-state index in [2.05, 4.69) is 5.10 Å². The fourth-order valence-electron chi connectivity index (χ4n) is 2.39. The number of aromatic nitrogens is 2. The maximum Gasteiger partial charge on any atom is 0.260 e. The minimum atomic E-state index is -3.52. The van der Waals surface area contributed by atoms with E-state index >= 15 is 0 Å². The van der Waals surface area contributed by atoms with E-state index in [9.17, 15) is 8.42 Å². The Labute approximate surface area is 125 Å². The number of hydrogen-bond donors (Lipinski definition) is 0. The molecule has 7 nitrogen and oxygen atoms in total. The molecule has 2 rings (SSSR count).